The van der Waals surface area contributed by atoms with E-state index in [0.717, 1.165) is 51.4 Å². The van der Waals surface area contributed by atoms with Gasteiger partial charge in [0.05, 0.1) is 25.4 Å². The Balaban J connectivity index is 3.27. The predicted octanol–water partition coefficient (Wildman–Crippen LogP) is 24.5. The minimum absolute atomic E-state index is 0.0166. The van der Waals surface area contributed by atoms with Crippen LogP contribution < -0.4 is 5.32 Å². The van der Waals surface area contributed by atoms with Gasteiger partial charge >= 0.3 is 5.97 Å². The Bertz CT molecular complexity index is 1280. The molecule has 0 aromatic carbocycles. The molecule has 1 amide bonds. The zero-order valence-electron chi connectivity index (χ0n) is 55.8. The Morgan fingerprint density at radius 2 is 0.610 bits per heavy atom. The molecule has 0 bridgehead atoms. The van der Waals surface area contributed by atoms with E-state index >= 15 is 0 Å². The van der Waals surface area contributed by atoms with Crippen LogP contribution in [0.2, 0.25) is 0 Å². The normalized spacial score (nSPS) is 12.6. The summed E-state index contributed by atoms with van der Waals surface area (Å²) in [5.74, 6) is -0.0121. The molecule has 6 heteroatoms. The van der Waals surface area contributed by atoms with E-state index < -0.39 is 12.1 Å². The molecule has 6 nitrogen and oxygen atoms in total. The number of rotatable bonds is 71. The van der Waals surface area contributed by atoms with Crippen molar-refractivity contribution in [1.29, 1.82) is 0 Å². The zero-order chi connectivity index (χ0) is 59.2. The lowest BCUT2D eigenvalue weighted by molar-refractivity contribution is -0.143. The number of hydrogen-bond donors (Lipinski definition) is 3. The van der Waals surface area contributed by atoms with E-state index in [2.05, 4.69) is 43.5 Å². The first-order valence-electron chi connectivity index (χ1n) is 37.6. The molecule has 0 fully saturated rings. The molecule has 82 heavy (non-hydrogen) atoms. The van der Waals surface area contributed by atoms with Crippen LogP contribution in [0.3, 0.4) is 0 Å². The summed E-state index contributed by atoms with van der Waals surface area (Å²) >= 11 is 0. The lowest BCUT2D eigenvalue weighted by Crippen LogP contribution is -2.45. The Morgan fingerprint density at radius 3 is 0.939 bits per heavy atom. The number of aliphatic hydroxyl groups excluding tert-OH is 2. The highest BCUT2D eigenvalue weighted by atomic mass is 16.5. The number of esters is 1. The van der Waals surface area contributed by atoms with Gasteiger partial charge in [-0.15, -0.1) is 0 Å². The number of allylic oxidation sites excluding steroid dienone is 4. The third-order valence-corrected chi connectivity index (χ3v) is 17.8. The fourth-order valence-electron chi connectivity index (χ4n) is 12.0. The monoisotopic (exact) mass is 1150 g/mol. The van der Waals surface area contributed by atoms with E-state index in [1.54, 1.807) is 0 Å². The Labute approximate surface area is 513 Å². The van der Waals surface area contributed by atoms with Crippen LogP contribution in [-0.4, -0.2) is 47.4 Å². The first kappa shape index (κ1) is 80.3. The molecule has 2 unspecified atom stereocenters. The van der Waals surface area contributed by atoms with E-state index in [0.29, 0.717) is 25.9 Å². The van der Waals surface area contributed by atoms with Gasteiger partial charge in [-0.3, -0.25) is 9.59 Å². The van der Waals surface area contributed by atoms with Crippen LogP contribution in [0.5, 0.6) is 0 Å². The van der Waals surface area contributed by atoms with Crippen LogP contribution >= 0.6 is 0 Å². The maximum Gasteiger partial charge on any atom is 0.305 e. The van der Waals surface area contributed by atoms with E-state index in [4.69, 9.17) is 4.74 Å². The smallest absolute Gasteiger partial charge is 0.305 e. The number of carbonyl (C=O) groups excluding carboxylic acids is 2. The second-order valence-corrected chi connectivity index (χ2v) is 26.0. The van der Waals surface area contributed by atoms with Crippen molar-refractivity contribution in [3.05, 3.63) is 24.3 Å². The van der Waals surface area contributed by atoms with Crippen molar-refractivity contribution < 1.29 is 24.5 Å². The topological polar surface area (TPSA) is 95.9 Å². The van der Waals surface area contributed by atoms with Crippen molar-refractivity contribution in [3.8, 4) is 0 Å². The Hall–Kier alpha value is -1.66. The number of ether oxygens (including phenoxy) is 1. The first-order valence-corrected chi connectivity index (χ1v) is 37.6. The molecule has 0 aliphatic rings. The van der Waals surface area contributed by atoms with E-state index in [1.807, 2.05) is 0 Å². The minimum atomic E-state index is -0.658. The van der Waals surface area contributed by atoms with Gasteiger partial charge in [0.1, 0.15) is 0 Å². The largest absolute Gasteiger partial charge is 0.466 e. The molecule has 0 saturated carbocycles. The van der Waals surface area contributed by atoms with Gasteiger partial charge in [0.2, 0.25) is 5.91 Å². The molecule has 0 aromatic rings. The van der Waals surface area contributed by atoms with Crippen LogP contribution in [0.25, 0.3) is 0 Å². The summed E-state index contributed by atoms with van der Waals surface area (Å²) in [7, 11) is 0. The molecule has 2 atom stereocenters. The summed E-state index contributed by atoms with van der Waals surface area (Å²) in [5, 5.41) is 23.2. The van der Waals surface area contributed by atoms with Gasteiger partial charge in [0, 0.05) is 12.8 Å². The van der Waals surface area contributed by atoms with Gasteiger partial charge in [-0.25, -0.2) is 0 Å². The molecule has 0 heterocycles. The highest BCUT2D eigenvalue weighted by molar-refractivity contribution is 5.76. The van der Waals surface area contributed by atoms with Crippen molar-refractivity contribution in [2.75, 3.05) is 13.2 Å². The second kappa shape index (κ2) is 71.8. The van der Waals surface area contributed by atoms with Crippen LogP contribution in [0, 0.1) is 0 Å². The van der Waals surface area contributed by atoms with Crippen LogP contribution in [0.4, 0.5) is 0 Å². The zero-order valence-corrected chi connectivity index (χ0v) is 55.8. The average molecular weight is 1160 g/mol. The molecule has 0 spiro atoms. The van der Waals surface area contributed by atoms with Crippen LogP contribution in [0.1, 0.15) is 425 Å². The fourth-order valence-corrected chi connectivity index (χ4v) is 12.0. The number of nitrogens with one attached hydrogen (secondary N) is 1. The third kappa shape index (κ3) is 67.5. The maximum atomic E-state index is 12.5. The summed E-state index contributed by atoms with van der Waals surface area (Å²) in [5.41, 5.74) is 0. The highest BCUT2D eigenvalue weighted by Crippen LogP contribution is 2.20. The van der Waals surface area contributed by atoms with Crippen molar-refractivity contribution in [3.63, 3.8) is 0 Å². The molecule has 0 saturated heterocycles. The highest BCUT2D eigenvalue weighted by Gasteiger charge is 2.20. The molecular weight excluding hydrogens is 1010 g/mol. The number of carbonyl (C=O) groups is 2. The molecule has 486 valence electrons. The van der Waals surface area contributed by atoms with Crippen molar-refractivity contribution in [1.82, 2.24) is 5.32 Å². The van der Waals surface area contributed by atoms with Crippen LogP contribution in [0.15, 0.2) is 24.3 Å². The summed E-state index contributed by atoms with van der Waals surface area (Å²) in [6.07, 6.45) is 91.3. The molecule has 0 aliphatic heterocycles. The summed E-state index contributed by atoms with van der Waals surface area (Å²) in [6.45, 7) is 4.95. The number of amides is 1. The molecule has 0 aliphatic carbocycles. The first-order chi connectivity index (χ1) is 40.5. The van der Waals surface area contributed by atoms with Crippen LogP contribution in [-0.2, 0) is 14.3 Å². The van der Waals surface area contributed by atoms with Gasteiger partial charge in [0.15, 0.2) is 0 Å². The lowest BCUT2D eigenvalue weighted by atomic mass is 10.0. The average Bonchev–Trinajstić information content (AvgIpc) is 3.48. The summed E-state index contributed by atoms with van der Waals surface area (Å²) in [6, 6.07) is -0.535. The van der Waals surface area contributed by atoms with Gasteiger partial charge < -0.3 is 20.3 Å². The van der Waals surface area contributed by atoms with Gasteiger partial charge in [-0.05, 0) is 57.8 Å². The Kier molecular flexibility index (Phi) is 70.4. The molecule has 3 N–H and O–H groups in total. The molecule has 0 radical (unpaired) electrons. The standard InChI is InChI=1S/C76H147NO5/c1-3-5-7-9-11-13-15-16-17-18-41-44-47-50-54-58-62-66-70-76(81)82-71-67-63-59-55-51-48-45-42-39-37-35-33-31-29-27-25-23-21-19-20-22-24-26-28-30-32-34-36-38-40-43-46-49-53-57-61-65-69-75(80)77-73(72-78)74(79)68-64-60-56-52-14-12-10-8-6-4-2/h13,15,17-18,73-74,78-79H,3-12,14,16,19-72H2,1-2H3,(H,77,80)/b15-13-,18-17-. The van der Waals surface area contributed by atoms with Gasteiger partial charge in [-0.1, -0.05) is 378 Å². The van der Waals surface area contributed by atoms with E-state index in [9.17, 15) is 19.8 Å². The van der Waals surface area contributed by atoms with Crippen molar-refractivity contribution in [2.45, 2.75) is 437 Å². The van der Waals surface area contributed by atoms with E-state index in [-0.39, 0.29) is 18.5 Å². The third-order valence-electron chi connectivity index (χ3n) is 17.8. The second-order valence-electron chi connectivity index (χ2n) is 26.0. The maximum absolute atomic E-state index is 12.5. The van der Waals surface area contributed by atoms with E-state index in [1.165, 1.54) is 340 Å². The number of unbranched alkanes of at least 4 members (excludes halogenated alkanes) is 56. The number of hydrogen-bond acceptors (Lipinski definition) is 5. The quantitative estimate of drug-likeness (QED) is 0.0320. The van der Waals surface area contributed by atoms with Gasteiger partial charge in [-0.2, -0.15) is 0 Å². The minimum Gasteiger partial charge on any atom is -0.466 e. The number of aliphatic hydroxyl groups is 2. The van der Waals surface area contributed by atoms with Crippen molar-refractivity contribution in [2.24, 2.45) is 0 Å². The summed E-state index contributed by atoms with van der Waals surface area (Å²) in [4.78, 5) is 24.6. The van der Waals surface area contributed by atoms with Crippen molar-refractivity contribution >= 4 is 11.9 Å². The summed E-state index contributed by atoms with van der Waals surface area (Å²) < 4.78 is 5.51. The molecule has 0 aromatic heterocycles. The fraction of sp³-hybridized carbons (Fsp3) is 0.921. The SMILES string of the molecule is CCCCCC/C=C\C/C=C\CCCCCCCCCC(=O)OCCCCCCCCCCCCCCCCCCCCCCCCCCCCCCCCCCCCCCCC(=O)NC(CO)C(O)CCCCCCCCCCCC. The Morgan fingerprint density at radius 1 is 0.341 bits per heavy atom. The lowest BCUT2D eigenvalue weighted by Gasteiger charge is -2.22. The predicted molar refractivity (Wildman–Crippen MR) is 361 cm³/mol. The molecular formula is C76H147NO5. The molecule has 0 rings (SSSR count). The van der Waals surface area contributed by atoms with Gasteiger partial charge in [0.25, 0.3) is 0 Å².